The second-order valence-electron chi connectivity index (χ2n) is 4.63. The molecule has 2 heterocycles. The van der Waals surface area contributed by atoms with Crippen LogP contribution >= 0.6 is 0 Å². The van der Waals surface area contributed by atoms with Crippen LogP contribution in [0.15, 0.2) is 23.1 Å². The Morgan fingerprint density at radius 1 is 1.53 bits per heavy atom. The van der Waals surface area contributed by atoms with Crippen molar-refractivity contribution in [2.24, 2.45) is 5.92 Å². The van der Waals surface area contributed by atoms with Gasteiger partial charge in [-0.3, -0.25) is 4.79 Å². The van der Waals surface area contributed by atoms with E-state index in [1.54, 1.807) is 0 Å². The topological polar surface area (TPSA) is 62.5 Å². The lowest BCUT2D eigenvalue weighted by molar-refractivity contribution is 0.0695. The lowest BCUT2D eigenvalue weighted by Gasteiger charge is -2.12. The number of carboxylic acids is 1. The van der Waals surface area contributed by atoms with Crippen molar-refractivity contribution in [2.75, 3.05) is 20.1 Å². The summed E-state index contributed by atoms with van der Waals surface area (Å²) in [6.45, 7) is 2.60. The fourth-order valence-corrected chi connectivity index (χ4v) is 2.25. The van der Waals surface area contributed by atoms with Crippen LogP contribution in [0, 0.1) is 5.92 Å². The summed E-state index contributed by atoms with van der Waals surface area (Å²) in [6.07, 6.45) is 2.49. The molecule has 17 heavy (non-hydrogen) atoms. The second kappa shape index (κ2) is 4.71. The summed E-state index contributed by atoms with van der Waals surface area (Å²) in [7, 11) is 2.05. The first-order chi connectivity index (χ1) is 8.06. The third-order valence-electron chi connectivity index (χ3n) is 3.17. The number of likely N-dealkylation sites (tertiary alicyclic amines) is 1. The van der Waals surface area contributed by atoms with Crippen molar-refractivity contribution in [2.45, 2.75) is 13.0 Å². The highest BCUT2D eigenvalue weighted by Crippen LogP contribution is 2.15. The summed E-state index contributed by atoms with van der Waals surface area (Å²) in [5.41, 5.74) is 0.0282. The SMILES string of the molecule is CN1CCC(Cn2cc(C(=O)O)ccc2=O)C1. The number of carbonyl (C=O) groups is 1. The highest BCUT2D eigenvalue weighted by molar-refractivity contribution is 5.87. The lowest BCUT2D eigenvalue weighted by Crippen LogP contribution is -2.25. The number of aromatic carboxylic acids is 1. The molecule has 0 spiro atoms. The average Bonchev–Trinajstić information content (AvgIpc) is 2.67. The molecule has 0 radical (unpaired) electrons. The molecule has 0 amide bonds. The first-order valence-electron chi connectivity index (χ1n) is 5.68. The van der Waals surface area contributed by atoms with Crippen LogP contribution in [-0.4, -0.2) is 40.7 Å². The van der Waals surface area contributed by atoms with E-state index in [9.17, 15) is 9.59 Å². The summed E-state index contributed by atoms with van der Waals surface area (Å²) in [5.74, 6) is -0.566. The van der Waals surface area contributed by atoms with Crippen molar-refractivity contribution in [3.63, 3.8) is 0 Å². The molecule has 1 unspecified atom stereocenters. The van der Waals surface area contributed by atoms with Gasteiger partial charge in [0.25, 0.3) is 5.56 Å². The Morgan fingerprint density at radius 2 is 2.29 bits per heavy atom. The zero-order chi connectivity index (χ0) is 12.4. The molecule has 0 bridgehead atoms. The molecule has 1 N–H and O–H groups in total. The largest absolute Gasteiger partial charge is 0.478 e. The number of rotatable bonds is 3. The summed E-state index contributed by atoms with van der Waals surface area (Å²) < 4.78 is 1.51. The van der Waals surface area contributed by atoms with Crippen molar-refractivity contribution in [3.05, 3.63) is 34.2 Å². The Hall–Kier alpha value is -1.62. The van der Waals surface area contributed by atoms with Crippen LogP contribution in [0.25, 0.3) is 0 Å². The van der Waals surface area contributed by atoms with Gasteiger partial charge in [-0.2, -0.15) is 0 Å². The minimum Gasteiger partial charge on any atom is -0.478 e. The van der Waals surface area contributed by atoms with Crippen LogP contribution in [0.1, 0.15) is 16.8 Å². The van der Waals surface area contributed by atoms with Crippen LogP contribution in [0.3, 0.4) is 0 Å². The normalized spacial score (nSPS) is 20.6. The van der Waals surface area contributed by atoms with Gasteiger partial charge in [0, 0.05) is 25.4 Å². The molecule has 1 saturated heterocycles. The van der Waals surface area contributed by atoms with Crippen molar-refractivity contribution >= 4 is 5.97 Å². The van der Waals surface area contributed by atoms with Gasteiger partial charge in [-0.15, -0.1) is 0 Å². The first kappa shape index (κ1) is 11.9. The molecular formula is C12H16N2O3. The second-order valence-corrected chi connectivity index (χ2v) is 4.63. The molecule has 0 aromatic carbocycles. The van der Waals surface area contributed by atoms with Gasteiger partial charge in [-0.25, -0.2) is 4.79 Å². The smallest absolute Gasteiger partial charge is 0.337 e. The zero-order valence-corrected chi connectivity index (χ0v) is 9.80. The van der Waals surface area contributed by atoms with Crippen LogP contribution in [0.5, 0.6) is 0 Å². The Balaban J connectivity index is 2.17. The Bertz CT molecular complexity index is 481. The predicted molar refractivity (Wildman–Crippen MR) is 63.3 cm³/mol. The molecule has 0 saturated carbocycles. The fraction of sp³-hybridized carbons (Fsp3) is 0.500. The van der Waals surface area contributed by atoms with E-state index in [4.69, 9.17) is 5.11 Å². The number of pyridine rings is 1. The first-order valence-corrected chi connectivity index (χ1v) is 5.68. The summed E-state index contributed by atoms with van der Waals surface area (Å²) in [6, 6.07) is 2.67. The Kier molecular flexibility index (Phi) is 3.28. The van der Waals surface area contributed by atoms with E-state index in [1.165, 1.54) is 22.9 Å². The van der Waals surface area contributed by atoms with Gasteiger partial charge in [-0.1, -0.05) is 0 Å². The van der Waals surface area contributed by atoms with E-state index in [2.05, 4.69) is 11.9 Å². The van der Waals surface area contributed by atoms with Gasteiger partial charge in [0.1, 0.15) is 0 Å². The number of aromatic nitrogens is 1. The van der Waals surface area contributed by atoms with Gasteiger partial charge in [0.15, 0.2) is 0 Å². The molecule has 1 atom stereocenters. The zero-order valence-electron chi connectivity index (χ0n) is 9.80. The van der Waals surface area contributed by atoms with E-state index in [0.29, 0.717) is 12.5 Å². The molecule has 92 valence electrons. The van der Waals surface area contributed by atoms with Gasteiger partial charge in [-0.05, 0) is 32.0 Å². The number of hydrogen-bond acceptors (Lipinski definition) is 3. The van der Waals surface area contributed by atoms with E-state index in [0.717, 1.165) is 19.5 Å². The maximum absolute atomic E-state index is 11.6. The fourth-order valence-electron chi connectivity index (χ4n) is 2.25. The molecule has 1 aromatic heterocycles. The van der Waals surface area contributed by atoms with Crippen LogP contribution < -0.4 is 5.56 Å². The van der Waals surface area contributed by atoms with E-state index >= 15 is 0 Å². The minimum atomic E-state index is -0.998. The van der Waals surface area contributed by atoms with E-state index in [-0.39, 0.29) is 11.1 Å². The molecule has 1 aromatic rings. The van der Waals surface area contributed by atoms with Gasteiger partial charge in [0.05, 0.1) is 5.56 Å². The molecule has 1 aliphatic rings. The van der Waals surface area contributed by atoms with Crippen molar-refractivity contribution < 1.29 is 9.90 Å². The predicted octanol–water partition coefficient (Wildman–Crippen LogP) is 0.498. The number of nitrogens with zero attached hydrogens (tertiary/aromatic N) is 2. The maximum atomic E-state index is 11.6. The highest BCUT2D eigenvalue weighted by atomic mass is 16.4. The maximum Gasteiger partial charge on any atom is 0.337 e. The van der Waals surface area contributed by atoms with Crippen LogP contribution in [0.4, 0.5) is 0 Å². The van der Waals surface area contributed by atoms with Crippen LogP contribution in [0.2, 0.25) is 0 Å². The molecule has 0 aliphatic carbocycles. The minimum absolute atomic E-state index is 0.135. The molecule has 5 nitrogen and oxygen atoms in total. The standard InChI is InChI=1S/C12H16N2O3/c1-13-5-4-9(6-13)7-14-8-10(12(16)17)2-3-11(14)15/h2-3,8-9H,4-7H2,1H3,(H,16,17). The van der Waals surface area contributed by atoms with Gasteiger partial charge >= 0.3 is 5.97 Å². The van der Waals surface area contributed by atoms with Crippen molar-refractivity contribution in [1.82, 2.24) is 9.47 Å². The monoisotopic (exact) mass is 236 g/mol. The summed E-state index contributed by atoms with van der Waals surface area (Å²) >= 11 is 0. The molecule has 5 heteroatoms. The average molecular weight is 236 g/mol. The Morgan fingerprint density at radius 3 is 2.88 bits per heavy atom. The third kappa shape index (κ3) is 2.74. The van der Waals surface area contributed by atoms with Crippen molar-refractivity contribution in [1.29, 1.82) is 0 Å². The van der Waals surface area contributed by atoms with Crippen molar-refractivity contribution in [3.8, 4) is 0 Å². The molecule has 1 aliphatic heterocycles. The van der Waals surface area contributed by atoms with Crippen LogP contribution in [-0.2, 0) is 6.54 Å². The third-order valence-corrected chi connectivity index (χ3v) is 3.17. The molecule has 1 fully saturated rings. The highest BCUT2D eigenvalue weighted by Gasteiger charge is 2.20. The number of hydrogen-bond donors (Lipinski definition) is 1. The van der Waals surface area contributed by atoms with Gasteiger partial charge < -0.3 is 14.6 Å². The van der Waals surface area contributed by atoms with E-state index in [1.807, 2.05) is 0 Å². The number of carboxylic acid groups (broad SMARTS) is 1. The summed E-state index contributed by atoms with van der Waals surface area (Å²) in [5, 5.41) is 8.88. The molecule has 2 rings (SSSR count). The van der Waals surface area contributed by atoms with E-state index < -0.39 is 5.97 Å². The lowest BCUT2D eigenvalue weighted by atomic mass is 10.1. The summed E-state index contributed by atoms with van der Waals surface area (Å²) in [4.78, 5) is 24.7. The molecular weight excluding hydrogens is 220 g/mol. The Labute approximate surface area is 99.3 Å². The quantitative estimate of drug-likeness (QED) is 0.830. The van der Waals surface area contributed by atoms with Gasteiger partial charge in [0.2, 0.25) is 0 Å².